The van der Waals surface area contributed by atoms with Crippen LogP contribution in [0.15, 0.2) is 59.4 Å². The summed E-state index contributed by atoms with van der Waals surface area (Å²) in [5, 5.41) is 1.53. The van der Waals surface area contributed by atoms with Gasteiger partial charge in [0.1, 0.15) is 0 Å². The highest BCUT2D eigenvalue weighted by atomic mass is 16.2. The molecule has 0 fully saturated rings. The molecule has 4 heteroatoms. The highest BCUT2D eigenvalue weighted by Crippen LogP contribution is 2.25. The van der Waals surface area contributed by atoms with Gasteiger partial charge in [-0.05, 0) is 41.5 Å². The van der Waals surface area contributed by atoms with Gasteiger partial charge in [-0.15, -0.1) is 0 Å². The molecule has 1 N–H and O–H groups in total. The first kappa shape index (κ1) is 16.6. The van der Waals surface area contributed by atoms with Crippen molar-refractivity contribution in [3.05, 3.63) is 81.8 Å². The molecular weight excluding hydrogens is 324 g/mol. The lowest BCUT2D eigenvalue weighted by Gasteiger charge is -2.36. The molecule has 4 rings (SSSR count). The molecular formula is C22H22N2O2. The molecule has 1 aromatic heterocycles. The lowest BCUT2D eigenvalue weighted by molar-refractivity contribution is -0.134. The third kappa shape index (κ3) is 3.03. The fraction of sp³-hybridized carbons (Fsp3) is 0.273. The number of carbonyl (C=O) groups excluding carboxylic acids is 1. The second kappa shape index (κ2) is 6.79. The standard InChI is InChI=1S/C22H22N2O2/c1-2-19-12-15-7-3-4-9-17(15)14-24(19)21(25)13-18-11-16-8-5-6-10-20(16)22(26)23-18/h3-11,19H,2,12-14H2,1H3,(H,23,26). The number of fused-ring (bicyclic) bond motifs is 2. The number of nitrogens with one attached hydrogen (secondary N) is 1. The predicted molar refractivity (Wildman–Crippen MR) is 103 cm³/mol. The number of H-pyrrole nitrogens is 1. The Hall–Kier alpha value is -2.88. The number of pyridine rings is 1. The maximum absolute atomic E-state index is 13.0. The molecule has 1 aliphatic heterocycles. The first-order chi connectivity index (χ1) is 12.7. The maximum Gasteiger partial charge on any atom is 0.256 e. The molecule has 3 aromatic rings. The average molecular weight is 346 g/mol. The van der Waals surface area contributed by atoms with Crippen molar-refractivity contribution in [1.82, 2.24) is 9.88 Å². The van der Waals surface area contributed by atoms with Crippen molar-refractivity contribution in [2.24, 2.45) is 0 Å². The van der Waals surface area contributed by atoms with E-state index in [9.17, 15) is 9.59 Å². The van der Waals surface area contributed by atoms with E-state index in [0.717, 1.165) is 18.2 Å². The highest BCUT2D eigenvalue weighted by Gasteiger charge is 2.28. The summed E-state index contributed by atoms with van der Waals surface area (Å²) < 4.78 is 0. The number of amides is 1. The van der Waals surface area contributed by atoms with Crippen LogP contribution in [0.1, 0.15) is 30.2 Å². The molecule has 0 saturated heterocycles. The summed E-state index contributed by atoms with van der Waals surface area (Å²) in [6, 6.07) is 17.9. The van der Waals surface area contributed by atoms with Crippen molar-refractivity contribution < 1.29 is 4.79 Å². The van der Waals surface area contributed by atoms with Gasteiger partial charge in [-0.1, -0.05) is 49.4 Å². The number of carbonyl (C=O) groups is 1. The minimum Gasteiger partial charge on any atom is -0.335 e. The normalized spacial score (nSPS) is 16.5. The number of nitrogens with zero attached hydrogens (tertiary/aromatic N) is 1. The van der Waals surface area contributed by atoms with Crippen LogP contribution in [0.3, 0.4) is 0 Å². The lowest BCUT2D eigenvalue weighted by Crippen LogP contribution is -2.44. The van der Waals surface area contributed by atoms with E-state index in [1.807, 2.05) is 35.2 Å². The van der Waals surface area contributed by atoms with Crippen LogP contribution in [-0.2, 0) is 24.2 Å². The van der Waals surface area contributed by atoms with Crippen molar-refractivity contribution in [3.8, 4) is 0 Å². The second-order valence-corrected chi connectivity index (χ2v) is 6.94. The molecule has 0 saturated carbocycles. The number of aromatic amines is 1. The fourth-order valence-corrected chi connectivity index (χ4v) is 3.87. The molecule has 0 radical (unpaired) electrons. The van der Waals surface area contributed by atoms with E-state index in [1.165, 1.54) is 11.1 Å². The summed E-state index contributed by atoms with van der Waals surface area (Å²) in [5.41, 5.74) is 3.09. The van der Waals surface area contributed by atoms with Crippen molar-refractivity contribution in [1.29, 1.82) is 0 Å². The van der Waals surface area contributed by atoms with Crippen LogP contribution in [0.5, 0.6) is 0 Å². The van der Waals surface area contributed by atoms with Crippen LogP contribution in [-0.4, -0.2) is 21.8 Å². The molecule has 1 aliphatic rings. The molecule has 0 spiro atoms. The molecule has 2 aromatic carbocycles. The third-order valence-electron chi connectivity index (χ3n) is 5.30. The van der Waals surface area contributed by atoms with Crippen molar-refractivity contribution in [2.45, 2.75) is 38.8 Å². The molecule has 1 atom stereocenters. The van der Waals surface area contributed by atoms with Crippen molar-refractivity contribution >= 4 is 16.7 Å². The number of rotatable bonds is 3. The van der Waals surface area contributed by atoms with E-state index in [1.54, 1.807) is 6.07 Å². The monoisotopic (exact) mass is 346 g/mol. The van der Waals surface area contributed by atoms with Crippen LogP contribution < -0.4 is 5.56 Å². The van der Waals surface area contributed by atoms with Gasteiger partial charge >= 0.3 is 0 Å². The third-order valence-corrected chi connectivity index (χ3v) is 5.30. The molecule has 0 bridgehead atoms. The van der Waals surface area contributed by atoms with Gasteiger partial charge in [-0.3, -0.25) is 9.59 Å². The molecule has 132 valence electrons. The molecule has 2 heterocycles. The van der Waals surface area contributed by atoms with Crippen molar-refractivity contribution in [2.75, 3.05) is 0 Å². The van der Waals surface area contributed by atoms with E-state index in [-0.39, 0.29) is 23.9 Å². The number of benzene rings is 2. The van der Waals surface area contributed by atoms with E-state index in [4.69, 9.17) is 0 Å². The Morgan fingerprint density at radius 2 is 1.85 bits per heavy atom. The van der Waals surface area contributed by atoms with Gasteiger partial charge in [-0.2, -0.15) is 0 Å². The minimum absolute atomic E-state index is 0.0669. The van der Waals surface area contributed by atoms with E-state index >= 15 is 0 Å². The van der Waals surface area contributed by atoms with Crippen LogP contribution in [0.2, 0.25) is 0 Å². The van der Waals surface area contributed by atoms with E-state index < -0.39 is 0 Å². The SMILES string of the molecule is CCC1Cc2ccccc2CN1C(=O)Cc1cc2ccccc2c(=O)[nH]1. The molecule has 4 nitrogen and oxygen atoms in total. The highest BCUT2D eigenvalue weighted by molar-refractivity contribution is 5.84. The summed E-state index contributed by atoms with van der Waals surface area (Å²) in [5.74, 6) is 0.0669. The number of aromatic nitrogens is 1. The molecule has 1 unspecified atom stereocenters. The quantitative estimate of drug-likeness (QED) is 0.790. The Balaban J connectivity index is 1.61. The number of hydrogen-bond donors (Lipinski definition) is 1. The zero-order valence-electron chi connectivity index (χ0n) is 14.9. The van der Waals surface area contributed by atoms with Crippen molar-refractivity contribution in [3.63, 3.8) is 0 Å². The zero-order chi connectivity index (χ0) is 18.1. The van der Waals surface area contributed by atoms with Gasteiger partial charge in [0.25, 0.3) is 5.56 Å². The summed E-state index contributed by atoms with van der Waals surface area (Å²) in [4.78, 5) is 30.1. The summed E-state index contributed by atoms with van der Waals surface area (Å²) in [6.07, 6.45) is 2.04. The number of hydrogen-bond acceptors (Lipinski definition) is 2. The second-order valence-electron chi connectivity index (χ2n) is 6.94. The molecule has 0 aliphatic carbocycles. The Labute approximate surface area is 152 Å². The maximum atomic E-state index is 13.0. The lowest BCUT2D eigenvalue weighted by atomic mass is 9.92. The average Bonchev–Trinajstić information content (AvgIpc) is 2.67. The Morgan fingerprint density at radius 3 is 2.65 bits per heavy atom. The van der Waals surface area contributed by atoms with Crippen LogP contribution in [0.4, 0.5) is 0 Å². The van der Waals surface area contributed by atoms with Gasteiger partial charge in [0.15, 0.2) is 0 Å². The van der Waals surface area contributed by atoms with Crippen LogP contribution in [0, 0.1) is 0 Å². The Kier molecular flexibility index (Phi) is 4.33. The Bertz CT molecular complexity index is 1020. The van der Waals surface area contributed by atoms with Gasteiger partial charge in [-0.25, -0.2) is 0 Å². The summed E-state index contributed by atoms with van der Waals surface area (Å²) in [7, 11) is 0. The van der Waals surface area contributed by atoms with Gasteiger partial charge in [0.2, 0.25) is 5.91 Å². The molecule has 26 heavy (non-hydrogen) atoms. The van der Waals surface area contributed by atoms with E-state index in [0.29, 0.717) is 17.6 Å². The largest absolute Gasteiger partial charge is 0.335 e. The smallest absolute Gasteiger partial charge is 0.256 e. The molecule has 1 amide bonds. The van der Waals surface area contributed by atoms with Crippen LogP contribution >= 0.6 is 0 Å². The van der Waals surface area contributed by atoms with Gasteiger partial charge < -0.3 is 9.88 Å². The van der Waals surface area contributed by atoms with Crippen LogP contribution in [0.25, 0.3) is 10.8 Å². The minimum atomic E-state index is -0.137. The first-order valence-electron chi connectivity index (χ1n) is 9.13. The summed E-state index contributed by atoms with van der Waals surface area (Å²) >= 11 is 0. The first-order valence-corrected chi connectivity index (χ1v) is 9.13. The topological polar surface area (TPSA) is 53.2 Å². The summed E-state index contributed by atoms with van der Waals surface area (Å²) in [6.45, 7) is 2.77. The predicted octanol–water partition coefficient (Wildman–Crippen LogP) is 3.43. The van der Waals surface area contributed by atoms with E-state index in [2.05, 4.69) is 30.1 Å². The zero-order valence-corrected chi connectivity index (χ0v) is 14.9. The Morgan fingerprint density at radius 1 is 1.12 bits per heavy atom. The van der Waals surface area contributed by atoms with Gasteiger partial charge in [0, 0.05) is 23.7 Å². The van der Waals surface area contributed by atoms with Gasteiger partial charge in [0.05, 0.1) is 6.42 Å². The fourth-order valence-electron chi connectivity index (χ4n) is 3.87.